The van der Waals surface area contributed by atoms with E-state index in [4.69, 9.17) is 11.6 Å². The number of benzene rings is 1. The Balaban J connectivity index is 2.14. The Bertz CT molecular complexity index is 507. The fourth-order valence-corrected chi connectivity index (χ4v) is 3.19. The van der Waals surface area contributed by atoms with Gasteiger partial charge in [0.05, 0.1) is 0 Å². The van der Waals surface area contributed by atoms with Crippen LogP contribution in [0.1, 0.15) is 24.5 Å². The normalized spacial score (nSPS) is 20.5. The number of hydrogen-bond acceptors (Lipinski definition) is 3. The summed E-state index contributed by atoms with van der Waals surface area (Å²) in [6.45, 7) is 8.39. The van der Waals surface area contributed by atoms with E-state index in [1.165, 1.54) is 12.0 Å². The molecule has 0 aromatic heterocycles. The molecule has 1 fully saturated rings. The summed E-state index contributed by atoms with van der Waals surface area (Å²) < 4.78 is 0. The van der Waals surface area contributed by atoms with Gasteiger partial charge >= 0.3 is 0 Å². The number of likely N-dealkylation sites (N-methyl/N-ethyl adjacent to an activating group) is 1. The molecule has 1 atom stereocenters. The molecule has 1 aliphatic heterocycles. The second-order valence-electron chi connectivity index (χ2n) is 5.78. The Hall–Kier alpha value is -1.10. The minimum absolute atomic E-state index is 0.616. The molecular formula is C16H24ClN3O. The van der Waals surface area contributed by atoms with Crippen LogP contribution < -0.4 is 5.32 Å². The topological polar surface area (TPSA) is 35.6 Å². The molecule has 0 bridgehead atoms. The fourth-order valence-electron chi connectivity index (χ4n) is 2.95. The summed E-state index contributed by atoms with van der Waals surface area (Å²) >= 11 is 6.17. The first-order chi connectivity index (χ1) is 10.0. The van der Waals surface area contributed by atoms with E-state index in [2.05, 4.69) is 29.1 Å². The van der Waals surface area contributed by atoms with E-state index in [0.29, 0.717) is 17.5 Å². The minimum atomic E-state index is 0.616. The number of nitrogens with one attached hydrogen (secondary N) is 1. The minimum Gasteiger partial charge on any atom is -0.328 e. The zero-order valence-electron chi connectivity index (χ0n) is 13.0. The maximum atomic E-state index is 10.7. The van der Waals surface area contributed by atoms with Gasteiger partial charge in [-0.3, -0.25) is 9.69 Å². The number of halogens is 1. The Morgan fingerprint density at radius 3 is 2.86 bits per heavy atom. The highest BCUT2D eigenvalue weighted by molar-refractivity contribution is 6.31. The third-order valence-electron chi connectivity index (χ3n) is 4.42. The molecule has 2 rings (SSSR count). The lowest BCUT2D eigenvalue weighted by Gasteiger charge is -2.39. The van der Waals surface area contributed by atoms with Crippen LogP contribution in [-0.4, -0.2) is 48.9 Å². The van der Waals surface area contributed by atoms with E-state index in [0.717, 1.165) is 37.4 Å². The maximum absolute atomic E-state index is 10.7. The Kier molecular flexibility index (Phi) is 5.62. The third kappa shape index (κ3) is 3.96. The molecule has 0 aliphatic carbocycles. The van der Waals surface area contributed by atoms with Gasteiger partial charge in [0.25, 0.3) is 0 Å². The Morgan fingerprint density at radius 1 is 1.43 bits per heavy atom. The van der Waals surface area contributed by atoms with Crippen molar-refractivity contribution in [2.45, 2.75) is 32.9 Å². The highest BCUT2D eigenvalue weighted by Gasteiger charge is 2.23. The number of carbonyl (C=O) groups is 1. The summed E-state index contributed by atoms with van der Waals surface area (Å²) in [6, 6.07) is 4.42. The number of rotatable bonds is 5. The van der Waals surface area contributed by atoms with Crippen molar-refractivity contribution in [3.63, 3.8) is 0 Å². The van der Waals surface area contributed by atoms with Crippen molar-refractivity contribution < 1.29 is 4.79 Å². The van der Waals surface area contributed by atoms with E-state index >= 15 is 0 Å². The van der Waals surface area contributed by atoms with Gasteiger partial charge in [-0.15, -0.1) is 0 Å². The smallest absolute Gasteiger partial charge is 0.211 e. The SMILES string of the molecule is CC[C@H]1CN(Cc2cc(Cl)cc(NC=O)c2C)CCN1C. The van der Waals surface area contributed by atoms with E-state index < -0.39 is 0 Å². The van der Waals surface area contributed by atoms with E-state index in [9.17, 15) is 4.79 Å². The second-order valence-corrected chi connectivity index (χ2v) is 6.21. The van der Waals surface area contributed by atoms with Gasteiger partial charge in [-0.1, -0.05) is 18.5 Å². The largest absolute Gasteiger partial charge is 0.328 e. The Labute approximate surface area is 132 Å². The molecule has 1 aromatic rings. The van der Waals surface area contributed by atoms with Gasteiger partial charge in [-0.25, -0.2) is 0 Å². The van der Waals surface area contributed by atoms with Crippen LogP contribution >= 0.6 is 11.6 Å². The summed E-state index contributed by atoms with van der Waals surface area (Å²) in [5.41, 5.74) is 3.08. The molecule has 21 heavy (non-hydrogen) atoms. The molecule has 5 heteroatoms. The summed E-state index contributed by atoms with van der Waals surface area (Å²) in [6.07, 6.45) is 1.87. The molecule has 1 heterocycles. The summed E-state index contributed by atoms with van der Waals surface area (Å²) in [5.74, 6) is 0. The van der Waals surface area contributed by atoms with Crippen molar-refractivity contribution in [3.05, 3.63) is 28.3 Å². The first kappa shape index (κ1) is 16.3. The third-order valence-corrected chi connectivity index (χ3v) is 4.64. The van der Waals surface area contributed by atoms with Crippen LogP contribution in [0.2, 0.25) is 5.02 Å². The fraction of sp³-hybridized carbons (Fsp3) is 0.562. The summed E-state index contributed by atoms with van der Waals surface area (Å²) in [4.78, 5) is 15.6. The van der Waals surface area contributed by atoms with Gasteiger partial charge in [0.15, 0.2) is 0 Å². The van der Waals surface area contributed by atoms with Gasteiger partial charge in [0.2, 0.25) is 6.41 Å². The van der Waals surface area contributed by atoms with Crippen LogP contribution in [0.5, 0.6) is 0 Å². The molecule has 1 amide bonds. The van der Waals surface area contributed by atoms with Crippen LogP contribution in [0.3, 0.4) is 0 Å². The second kappa shape index (κ2) is 7.25. The highest BCUT2D eigenvalue weighted by atomic mass is 35.5. The molecule has 116 valence electrons. The van der Waals surface area contributed by atoms with Gasteiger partial charge in [0.1, 0.15) is 0 Å². The van der Waals surface area contributed by atoms with Gasteiger partial charge in [0, 0.05) is 42.9 Å². The van der Waals surface area contributed by atoms with E-state index in [1.807, 2.05) is 13.0 Å². The monoisotopic (exact) mass is 309 g/mol. The number of piperazine rings is 1. The van der Waals surface area contributed by atoms with E-state index in [-0.39, 0.29) is 0 Å². The van der Waals surface area contributed by atoms with Crippen molar-refractivity contribution >= 4 is 23.7 Å². The molecular weight excluding hydrogens is 286 g/mol. The summed E-state index contributed by atoms with van der Waals surface area (Å²) in [5, 5.41) is 3.40. The quantitative estimate of drug-likeness (QED) is 0.850. The molecule has 4 nitrogen and oxygen atoms in total. The molecule has 0 unspecified atom stereocenters. The number of anilines is 1. The van der Waals surface area contributed by atoms with Crippen LogP contribution in [0.4, 0.5) is 5.69 Å². The molecule has 0 radical (unpaired) electrons. The van der Waals surface area contributed by atoms with Gasteiger partial charge in [-0.2, -0.15) is 0 Å². The lowest BCUT2D eigenvalue weighted by Crippen LogP contribution is -2.50. The van der Waals surface area contributed by atoms with Gasteiger partial charge in [-0.05, 0) is 43.7 Å². The number of amides is 1. The molecule has 0 spiro atoms. The molecule has 1 aliphatic rings. The maximum Gasteiger partial charge on any atom is 0.211 e. The standard InChI is InChI=1S/C16H24ClN3O/c1-4-15-10-20(6-5-19(15)3)9-13-7-14(17)8-16(12(13)2)18-11-21/h7-8,11,15H,4-6,9-10H2,1-3H3,(H,18,21)/t15-/m0/s1. The first-order valence-corrected chi connectivity index (χ1v) is 7.84. The summed E-state index contributed by atoms with van der Waals surface area (Å²) in [7, 11) is 2.20. The van der Waals surface area contributed by atoms with Crippen LogP contribution in [0.15, 0.2) is 12.1 Å². The van der Waals surface area contributed by atoms with Crippen molar-refractivity contribution in [2.24, 2.45) is 0 Å². The van der Waals surface area contributed by atoms with Crippen LogP contribution in [-0.2, 0) is 11.3 Å². The van der Waals surface area contributed by atoms with E-state index in [1.54, 1.807) is 6.07 Å². The lowest BCUT2D eigenvalue weighted by molar-refractivity contribution is -0.105. The average Bonchev–Trinajstić information content (AvgIpc) is 2.46. The highest BCUT2D eigenvalue weighted by Crippen LogP contribution is 2.26. The molecule has 1 saturated heterocycles. The van der Waals surface area contributed by atoms with Crippen molar-refractivity contribution in [1.82, 2.24) is 9.80 Å². The zero-order chi connectivity index (χ0) is 15.4. The molecule has 0 saturated carbocycles. The predicted octanol–water partition coefficient (Wildman–Crippen LogP) is 2.74. The zero-order valence-corrected chi connectivity index (χ0v) is 13.8. The van der Waals surface area contributed by atoms with Crippen LogP contribution in [0.25, 0.3) is 0 Å². The predicted molar refractivity (Wildman–Crippen MR) is 87.9 cm³/mol. The Morgan fingerprint density at radius 2 is 2.19 bits per heavy atom. The average molecular weight is 310 g/mol. The van der Waals surface area contributed by atoms with Gasteiger partial charge < -0.3 is 10.2 Å². The molecule has 1 N–H and O–H groups in total. The number of carbonyl (C=O) groups excluding carboxylic acids is 1. The first-order valence-electron chi connectivity index (χ1n) is 7.47. The van der Waals surface area contributed by atoms with Crippen molar-refractivity contribution in [1.29, 1.82) is 0 Å². The van der Waals surface area contributed by atoms with Crippen LogP contribution in [0, 0.1) is 6.92 Å². The lowest BCUT2D eigenvalue weighted by atomic mass is 10.0. The number of hydrogen-bond donors (Lipinski definition) is 1. The van der Waals surface area contributed by atoms with Crippen molar-refractivity contribution in [2.75, 3.05) is 32.0 Å². The number of nitrogens with zero attached hydrogens (tertiary/aromatic N) is 2. The van der Waals surface area contributed by atoms with Crippen molar-refractivity contribution in [3.8, 4) is 0 Å². The molecule has 1 aromatic carbocycles.